The average molecular weight is 204 g/mol. The fraction of sp³-hybridized carbons (Fsp3) is 0.182. The normalized spacial score (nSPS) is 10.5. The number of ketones is 1. The SMILES string of the molecule is COc1c(C(=O)CN)ccc2[nH]ccc12. The molecule has 0 atom stereocenters. The molecule has 1 aromatic heterocycles. The van der Waals surface area contributed by atoms with Gasteiger partial charge in [0.15, 0.2) is 5.78 Å². The van der Waals surface area contributed by atoms with E-state index in [1.54, 1.807) is 13.2 Å². The zero-order valence-corrected chi connectivity index (χ0v) is 8.41. The van der Waals surface area contributed by atoms with E-state index in [4.69, 9.17) is 10.5 Å². The molecule has 1 aromatic carbocycles. The summed E-state index contributed by atoms with van der Waals surface area (Å²) < 4.78 is 5.24. The molecule has 2 rings (SSSR count). The van der Waals surface area contributed by atoms with Crippen LogP contribution in [0.15, 0.2) is 24.4 Å². The van der Waals surface area contributed by atoms with Crippen LogP contribution in [0.25, 0.3) is 10.9 Å². The van der Waals surface area contributed by atoms with E-state index >= 15 is 0 Å². The zero-order valence-electron chi connectivity index (χ0n) is 8.41. The number of aromatic amines is 1. The first-order valence-electron chi connectivity index (χ1n) is 4.65. The van der Waals surface area contributed by atoms with Crippen LogP contribution in [0.1, 0.15) is 10.4 Å². The molecule has 4 nitrogen and oxygen atoms in total. The van der Waals surface area contributed by atoms with Gasteiger partial charge < -0.3 is 15.5 Å². The second-order valence-corrected chi connectivity index (χ2v) is 3.21. The monoisotopic (exact) mass is 204 g/mol. The summed E-state index contributed by atoms with van der Waals surface area (Å²) in [4.78, 5) is 14.6. The van der Waals surface area contributed by atoms with Gasteiger partial charge in [-0.15, -0.1) is 0 Å². The maximum atomic E-state index is 11.5. The van der Waals surface area contributed by atoms with E-state index < -0.39 is 0 Å². The molecule has 2 aromatic rings. The summed E-state index contributed by atoms with van der Waals surface area (Å²) in [5, 5.41) is 0.900. The summed E-state index contributed by atoms with van der Waals surface area (Å²) in [6, 6.07) is 5.45. The van der Waals surface area contributed by atoms with Gasteiger partial charge in [0.2, 0.25) is 0 Å². The number of aromatic nitrogens is 1. The number of benzene rings is 1. The Morgan fingerprint density at radius 3 is 2.93 bits per heavy atom. The number of ether oxygens (including phenoxy) is 1. The third-order valence-electron chi connectivity index (χ3n) is 2.37. The number of carbonyl (C=O) groups excluding carboxylic acids is 1. The maximum absolute atomic E-state index is 11.5. The first-order valence-corrected chi connectivity index (χ1v) is 4.65. The van der Waals surface area contributed by atoms with Gasteiger partial charge in [-0.1, -0.05) is 0 Å². The smallest absolute Gasteiger partial charge is 0.180 e. The Kier molecular flexibility index (Phi) is 2.43. The van der Waals surface area contributed by atoms with Crippen molar-refractivity contribution in [3.63, 3.8) is 0 Å². The van der Waals surface area contributed by atoms with Crippen LogP contribution in [0.4, 0.5) is 0 Å². The molecule has 15 heavy (non-hydrogen) atoms. The summed E-state index contributed by atoms with van der Waals surface area (Å²) in [5.74, 6) is 0.471. The van der Waals surface area contributed by atoms with Gasteiger partial charge in [-0.3, -0.25) is 4.79 Å². The molecule has 78 valence electrons. The molecule has 4 heteroatoms. The van der Waals surface area contributed by atoms with Crippen molar-refractivity contribution in [3.8, 4) is 5.75 Å². The molecule has 0 saturated heterocycles. The average Bonchev–Trinajstić information content (AvgIpc) is 2.74. The molecule has 0 bridgehead atoms. The zero-order chi connectivity index (χ0) is 10.8. The van der Waals surface area contributed by atoms with Crippen molar-refractivity contribution in [2.24, 2.45) is 5.73 Å². The lowest BCUT2D eigenvalue weighted by atomic mass is 10.1. The summed E-state index contributed by atoms with van der Waals surface area (Å²) in [5.41, 5.74) is 6.81. The van der Waals surface area contributed by atoms with Crippen molar-refractivity contribution in [3.05, 3.63) is 30.0 Å². The van der Waals surface area contributed by atoms with Crippen molar-refractivity contribution in [1.29, 1.82) is 0 Å². The Labute approximate surface area is 87.0 Å². The second kappa shape index (κ2) is 3.74. The Bertz CT molecular complexity index is 502. The molecule has 0 unspecified atom stereocenters. The number of fused-ring (bicyclic) bond motifs is 1. The lowest BCUT2D eigenvalue weighted by Crippen LogP contribution is -2.14. The molecule has 0 radical (unpaired) electrons. The van der Waals surface area contributed by atoms with Gasteiger partial charge in [0, 0.05) is 17.1 Å². The largest absolute Gasteiger partial charge is 0.495 e. The van der Waals surface area contributed by atoms with E-state index in [1.807, 2.05) is 18.3 Å². The van der Waals surface area contributed by atoms with E-state index in [0.717, 1.165) is 10.9 Å². The van der Waals surface area contributed by atoms with Gasteiger partial charge in [-0.2, -0.15) is 0 Å². The van der Waals surface area contributed by atoms with Crippen molar-refractivity contribution in [2.75, 3.05) is 13.7 Å². The number of hydrogen-bond acceptors (Lipinski definition) is 3. The molecule has 1 heterocycles. The van der Waals surface area contributed by atoms with Crippen molar-refractivity contribution in [1.82, 2.24) is 4.98 Å². The number of nitrogens with two attached hydrogens (primary N) is 1. The third kappa shape index (κ3) is 1.49. The van der Waals surface area contributed by atoms with Crippen LogP contribution in [-0.4, -0.2) is 24.4 Å². The number of carbonyl (C=O) groups is 1. The molecular formula is C11H12N2O2. The molecule has 0 fully saturated rings. The number of nitrogens with one attached hydrogen (secondary N) is 1. The van der Waals surface area contributed by atoms with Gasteiger partial charge in [0.1, 0.15) is 5.75 Å². The van der Waals surface area contributed by atoms with E-state index in [-0.39, 0.29) is 12.3 Å². The number of methoxy groups -OCH3 is 1. The number of hydrogen-bond donors (Lipinski definition) is 2. The molecule has 0 aliphatic carbocycles. The van der Waals surface area contributed by atoms with Gasteiger partial charge in [0.25, 0.3) is 0 Å². The lowest BCUT2D eigenvalue weighted by molar-refractivity contribution is 0.0999. The Hall–Kier alpha value is -1.81. The summed E-state index contributed by atoms with van der Waals surface area (Å²) >= 11 is 0. The van der Waals surface area contributed by atoms with Gasteiger partial charge >= 0.3 is 0 Å². The third-order valence-corrected chi connectivity index (χ3v) is 2.37. The minimum absolute atomic E-state index is 0.00765. The number of Topliss-reactive ketones (excluding diaryl/α,β-unsaturated/α-hetero) is 1. The Morgan fingerprint density at radius 2 is 2.27 bits per heavy atom. The van der Waals surface area contributed by atoms with Crippen LogP contribution >= 0.6 is 0 Å². The molecular weight excluding hydrogens is 192 g/mol. The highest BCUT2D eigenvalue weighted by molar-refractivity contribution is 6.05. The van der Waals surface area contributed by atoms with E-state index in [1.165, 1.54) is 0 Å². The van der Waals surface area contributed by atoms with Gasteiger partial charge in [-0.25, -0.2) is 0 Å². The maximum Gasteiger partial charge on any atom is 0.180 e. The molecule has 3 N–H and O–H groups in total. The predicted molar refractivity (Wildman–Crippen MR) is 58.2 cm³/mol. The Morgan fingerprint density at radius 1 is 1.47 bits per heavy atom. The molecule has 0 aliphatic rings. The van der Waals surface area contributed by atoms with E-state index in [0.29, 0.717) is 11.3 Å². The van der Waals surface area contributed by atoms with Crippen molar-refractivity contribution >= 4 is 16.7 Å². The fourth-order valence-corrected chi connectivity index (χ4v) is 1.66. The highest BCUT2D eigenvalue weighted by atomic mass is 16.5. The van der Waals surface area contributed by atoms with Crippen molar-refractivity contribution < 1.29 is 9.53 Å². The van der Waals surface area contributed by atoms with E-state index in [2.05, 4.69) is 4.98 Å². The van der Waals surface area contributed by atoms with Gasteiger partial charge in [0.05, 0.1) is 19.2 Å². The molecule has 0 spiro atoms. The lowest BCUT2D eigenvalue weighted by Gasteiger charge is -2.07. The predicted octanol–water partition coefficient (Wildman–Crippen LogP) is 1.32. The fourth-order valence-electron chi connectivity index (χ4n) is 1.66. The van der Waals surface area contributed by atoms with Crippen LogP contribution in [0.5, 0.6) is 5.75 Å². The van der Waals surface area contributed by atoms with Crippen LogP contribution < -0.4 is 10.5 Å². The highest BCUT2D eigenvalue weighted by Gasteiger charge is 2.13. The highest BCUT2D eigenvalue weighted by Crippen LogP contribution is 2.29. The van der Waals surface area contributed by atoms with Crippen LogP contribution in [0.2, 0.25) is 0 Å². The molecule has 0 amide bonds. The minimum Gasteiger partial charge on any atom is -0.495 e. The topological polar surface area (TPSA) is 68.1 Å². The first-order chi connectivity index (χ1) is 7.27. The summed E-state index contributed by atoms with van der Waals surface area (Å²) in [7, 11) is 1.55. The second-order valence-electron chi connectivity index (χ2n) is 3.21. The summed E-state index contributed by atoms with van der Waals surface area (Å²) in [6.07, 6.45) is 1.81. The van der Waals surface area contributed by atoms with Crippen LogP contribution in [0.3, 0.4) is 0 Å². The molecule has 0 aliphatic heterocycles. The summed E-state index contributed by atoms with van der Waals surface area (Å²) in [6.45, 7) is -0.00765. The van der Waals surface area contributed by atoms with Crippen LogP contribution in [-0.2, 0) is 0 Å². The van der Waals surface area contributed by atoms with Crippen molar-refractivity contribution in [2.45, 2.75) is 0 Å². The first kappa shape index (κ1) is 9.73. The Balaban J connectivity index is 2.69. The number of H-pyrrole nitrogens is 1. The quantitative estimate of drug-likeness (QED) is 0.741. The van der Waals surface area contributed by atoms with Gasteiger partial charge in [-0.05, 0) is 18.2 Å². The number of rotatable bonds is 3. The molecule has 0 saturated carbocycles. The standard InChI is InChI=1S/C11H12N2O2/c1-15-11-7-4-5-13-9(7)3-2-8(11)10(14)6-12/h2-5,13H,6,12H2,1H3. The minimum atomic E-state index is -0.116. The van der Waals surface area contributed by atoms with Crippen LogP contribution in [0, 0.1) is 0 Å². The van der Waals surface area contributed by atoms with E-state index in [9.17, 15) is 4.79 Å².